The number of aromatic nitrogens is 3. The highest BCUT2D eigenvalue weighted by Gasteiger charge is 2.31. The van der Waals surface area contributed by atoms with E-state index in [-0.39, 0.29) is 17.3 Å². The van der Waals surface area contributed by atoms with Crippen molar-refractivity contribution in [3.05, 3.63) is 52.5 Å². The molecule has 2 heterocycles. The summed E-state index contributed by atoms with van der Waals surface area (Å²) in [7, 11) is 0. The molecule has 0 saturated carbocycles. The fourth-order valence-electron chi connectivity index (χ4n) is 1.91. The van der Waals surface area contributed by atoms with E-state index < -0.39 is 23.9 Å². The predicted molar refractivity (Wildman–Crippen MR) is 73.1 cm³/mol. The van der Waals surface area contributed by atoms with Crippen molar-refractivity contribution < 1.29 is 23.4 Å². The van der Waals surface area contributed by atoms with Crippen LogP contribution in [0.5, 0.6) is 0 Å². The summed E-state index contributed by atoms with van der Waals surface area (Å²) in [5, 5.41) is 19.6. The lowest BCUT2D eigenvalue weighted by atomic mass is 10.3. The van der Waals surface area contributed by atoms with Crippen LogP contribution in [0.15, 0.2) is 35.1 Å². The number of halogens is 3. The van der Waals surface area contributed by atoms with Gasteiger partial charge in [0, 0.05) is 6.07 Å². The molecule has 0 fully saturated rings. The number of nitrogens with zero attached hydrogens (tertiary/aromatic N) is 3. The van der Waals surface area contributed by atoms with Crippen LogP contribution in [-0.4, -0.2) is 32.4 Å². The first-order chi connectivity index (χ1) is 11.0. The van der Waals surface area contributed by atoms with E-state index in [0.29, 0.717) is 11.4 Å². The molecule has 1 aliphatic heterocycles. The van der Waals surface area contributed by atoms with E-state index in [0.717, 1.165) is 12.1 Å². The highest BCUT2D eigenvalue weighted by atomic mass is 35.5. The standard InChI is InChI=1S/C13H9ClF2N4O3/c14-10-11(13(22)23-12(10)21)17-4-6-5-20(19-18-6)7-1-2-8(15)9(16)3-7/h1-3,5,13,17,22H,4H2. The molecule has 2 aromatic rings. The van der Waals surface area contributed by atoms with E-state index >= 15 is 0 Å². The lowest BCUT2D eigenvalue weighted by Gasteiger charge is -2.08. The largest absolute Gasteiger partial charge is 0.425 e. The van der Waals surface area contributed by atoms with Gasteiger partial charge in [-0.1, -0.05) is 16.8 Å². The predicted octanol–water partition coefficient (Wildman–Crippen LogP) is 0.961. The molecule has 1 aromatic heterocycles. The van der Waals surface area contributed by atoms with Crippen molar-refractivity contribution >= 4 is 17.6 Å². The average Bonchev–Trinajstić information content (AvgIpc) is 3.07. The van der Waals surface area contributed by atoms with Gasteiger partial charge in [0.1, 0.15) is 11.4 Å². The molecule has 10 heteroatoms. The minimum absolute atomic E-state index is 0.0269. The summed E-state index contributed by atoms with van der Waals surface area (Å²) in [5.74, 6) is -2.79. The number of rotatable bonds is 4. The van der Waals surface area contributed by atoms with Crippen LogP contribution in [0.25, 0.3) is 5.69 Å². The van der Waals surface area contributed by atoms with Gasteiger partial charge < -0.3 is 15.2 Å². The second-order valence-electron chi connectivity index (χ2n) is 4.59. The number of cyclic esters (lactones) is 1. The second-order valence-corrected chi connectivity index (χ2v) is 4.97. The average molecular weight is 343 g/mol. The summed E-state index contributed by atoms with van der Waals surface area (Å²) in [6, 6.07) is 3.30. The molecule has 0 aliphatic carbocycles. The van der Waals surface area contributed by atoms with Gasteiger partial charge in [-0.3, -0.25) is 0 Å². The molecule has 1 atom stereocenters. The van der Waals surface area contributed by atoms with Crippen LogP contribution in [-0.2, 0) is 16.1 Å². The molecular formula is C13H9ClF2N4O3. The number of carbonyl (C=O) groups is 1. The van der Waals surface area contributed by atoms with Gasteiger partial charge in [-0.2, -0.15) is 0 Å². The number of benzene rings is 1. The summed E-state index contributed by atoms with van der Waals surface area (Å²) in [6.07, 6.45) is 0.00858. The summed E-state index contributed by atoms with van der Waals surface area (Å²) >= 11 is 5.69. The zero-order valence-corrected chi connectivity index (χ0v) is 12.1. The quantitative estimate of drug-likeness (QED) is 0.805. The van der Waals surface area contributed by atoms with Crippen molar-refractivity contribution in [1.29, 1.82) is 0 Å². The van der Waals surface area contributed by atoms with Gasteiger partial charge in [0.2, 0.25) is 6.29 Å². The molecule has 7 nitrogen and oxygen atoms in total. The second kappa shape index (κ2) is 5.94. The third-order valence-corrected chi connectivity index (χ3v) is 3.41. The number of aliphatic hydroxyl groups excluding tert-OH is 1. The van der Waals surface area contributed by atoms with Crippen LogP contribution in [0.2, 0.25) is 0 Å². The van der Waals surface area contributed by atoms with Crippen molar-refractivity contribution in [2.75, 3.05) is 0 Å². The van der Waals surface area contributed by atoms with Gasteiger partial charge in [-0.25, -0.2) is 18.3 Å². The van der Waals surface area contributed by atoms with Gasteiger partial charge in [-0.15, -0.1) is 5.10 Å². The third kappa shape index (κ3) is 3.01. The maximum absolute atomic E-state index is 13.2. The molecule has 23 heavy (non-hydrogen) atoms. The number of hydrogen-bond donors (Lipinski definition) is 2. The number of ether oxygens (including phenoxy) is 1. The van der Waals surface area contributed by atoms with Crippen LogP contribution in [0.1, 0.15) is 5.69 Å². The van der Waals surface area contributed by atoms with E-state index in [9.17, 15) is 18.7 Å². The first kappa shape index (κ1) is 15.4. The number of esters is 1. The van der Waals surface area contributed by atoms with Crippen LogP contribution in [0.3, 0.4) is 0 Å². The summed E-state index contributed by atoms with van der Waals surface area (Å²) < 4.78 is 31.9. The molecular weight excluding hydrogens is 334 g/mol. The Labute approximate surface area is 133 Å². The zero-order valence-electron chi connectivity index (χ0n) is 11.3. The van der Waals surface area contributed by atoms with Crippen LogP contribution in [0.4, 0.5) is 8.78 Å². The highest BCUT2D eigenvalue weighted by Crippen LogP contribution is 2.22. The smallest absolute Gasteiger partial charge is 0.354 e. The molecule has 120 valence electrons. The maximum Gasteiger partial charge on any atom is 0.354 e. The Kier molecular flexibility index (Phi) is 3.97. The van der Waals surface area contributed by atoms with Gasteiger partial charge in [-0.05, 0) is 12.1 Å². The van der Waals surface area contributed by atoms with Crippen molar-refractivity contribution in [3.8, 4) is 5.69 Å². The normalized spacial score (nSPS) is 17.6. The molecule has 0 spiro atoms. The Morgan fingerprint density at radius 2 is 2.17 bits per heavy atom. The first-order valence-electron chi connectivity index (χ1n) is 6.35. The lowest BCUT2D eigenvalue weighted by Crippen LogP contribution is -2.22. The van der Waals surface area contributed by atoms with E-state index in [1.807, 2.05) is 0 Å². The Bertz CT molecular complexity index is 808. The third-order valence-electron chi connectivity index (χ3n) is 3.05. The Hall–Kier alpha value is -2.52. The minimum Gasteiger partial charge on any atom is -0.425 e. The zero-order chi connectivity index (χ0) is 16.6. The monoisotopic (exact) mass is 342 g/mol. The Balaban J connectivity index is 1.73. The van der Waals surface area contributed by atoms with E-state index in [1.54, 1.807) is 0 Å². The summed E-state index contributed by atoms with van der Waals surface area (Å²) in [6.45, 7) is 0.0862. The molecule has 0 saturated heterocycles. The van der Waals surface area contributed by atoms with Crippen molar-refractivity contribution in [3.63, 3.8) is 0 Å². The minimum atomic E-state index is -1.46. The summed E-state index contributed by atoms with van der Waals surface area (Å²) in [5.41, 5.74) is 0.733. The number of carbonyl (C=O) groups excluding carboxylic acids is 1. The Morgan fingerprint density at radius 3 is 2.83 bits per heavy atom. The van der Waals surface area contributed by atoms with Crippen LogP contribution < -0.4 is 5.32 Å². The molecule has 0 amide bonds. The van der Waals surface area contributed by atoms with Gasteiger partial charge in [0.15, 0.2) is 16.7 Å². The van der Waals surface area contributed by atoms with Crippen LogP contribution >= 0.6 is 11.6 Å². The topological polar surface area (TPSA) is 89.3 Å². The number of nitrogens with one attached hydrogen (secondary N) is 1. The van der Waals surface area contributed by atoms with E-state index in [2.05, 4.69) is 20.4 Å². The number of aliphatic hydroxyl groups is 1. The molecule has 1 unspecified atom stereocenters. The molecule has 0 bridgehead atoms. The molecule has 1 aromatic carbocycles. The van der Waals surface area contributed by atoms with Gasteiger partial charge in [0.25, 0.3) is 0 Å². The van der Waals surface area contributed by atoms with Gasteiger partial charge in [0.05, 0.1) is 18.4 Å². The molecule has 2 N–H and O–H groups in total. The fourth-order valence-corrected chi connectivity index (χ4v) is 2.12. The molecule has 1 aliphatic rings. The van der Waals surface area contributed by atoms with E-state index in [4.69, 9.17) is 11.6 Å². The highest BCUT2D eigenvalue weighted by molar-refractivity contribution is 6.42. The van der Waals surface area contributed by atoms with Gasteiger partial charge >= 0.3 is 5.97 Å². The molecule has 3 rings (SSSR count). The van der Waals surface area contributed by atoms with E-state index in [1.165, 1.54) is 16.9 Å². The first-order valence-corrected chi connectivity index (χ1v) is 6.72. The van der Waals surface area contributed by atoms with Crippen LogP contribution in [0, 0.1) is 11.6 Å². The summed E-state index contributed by atoms with van der Waals surface area (Å²) in [4.78, 5) is 11.1. The fraction of sp³-hybridized carbons (Fsp3) is 0.154. The SMILES string of the molecule is O=C1OC(O)C(NCc2cn(-c3ccc(F)c(F)c3)nn2)=C1Cl. The number of hydrogen-bond acceptors (Lipinski definition) is 6. The Morgan fingerprint density at radius 1 is 1.39 bits per heavy atom. The maximum atomic E-state index is 13.2. The molecule has 0 radical (unpaired) electrons. The lowest BCUT2D eigenvalue weighted by molar-refractivity contribution is -0.151. The van der Waals surface area contributed by atoms with Crippen molar-refractivity contribution in [1.82, 2.24) is 20.3 Å². The van der Waals surface area contributed by atoms with Crippen molar-refractivity contribution in [2.45, 2.75) is 12.8 Å². The van der Waals surface area contributed by atoms with Crippen molar-refractivity contribution in [2.24, 2.45) is 0 Å².